The standard InChI is InChI=1S/C2H4O2.Bi.3H/c1-2(3)4;;;;/h1H3,(H,3,4);;;;. The molecule has 0 amide bonds. The molecule has 3 heteroatoms. The molecule has 5 heavy (non-hydrogen) atoms. The molecule has 2 nitrogen and oxygen atoms in total. The number of hydrogen-bond donors (Lipinski definition) is 1. The van der Waals surface area contributed by atoms with E-state index in [1.54, 1.807) is 0 Å². The van der Waals surface area contributed by atoms with Crippen LogP contribution < -0.4 is 0 Å². The predicted molar refractivity (Wildman–Crippen MR) is 23.2 cm³/mol. The van der Waals surface area contributed by atoms with Gasteiger partial charge in [0.1, 0.15) is 0 Å². The number of carbonyl (C=O) groups is 1. The topological polar surface area (TPSA) is 37.3 Å². The Morgan fingerprint density at radius 3 is 1.80 bits per heavy atom. The van der Waals surface area contributed by atoms with Crippen LogP contribution in [0.2, 0.25) is 0 Å². The summed E-state index contributed by atoms with van der Waals surface area (Å²) in [5.41, 5.74) is 0. The van der Waals surface area contributed by atoms with Crippen molar-refractivity contribution in [2.24, 2.45) is 0 Å². The van der Waals surface area contributed by atoms with E-state index in [1.807, 2.05) is 0 Å². The Bertz CT molecular complexity index is 30.6. The quantitative estimate of drug-likeness (QED) is 0.569. The zero-order chi connectivity index (χ0) is 3.58. The monoisotopic (exact) mass is 272 g/mol. The maximum atomic E-state index is 9.00. The van der Waals surface area contributed by atoms with Crippen LogP contribution in [0.15, 0.2) is 0 Å². The fourth-order valence-electron chi connectivity index (χ4n) is 0. The first-order valence-corrected chi connectivity index (χ1v) is 0.928. The van der Waals surface area contributed by atoms with Crippen molar-refractivity contribution in [2.45, 2.75) is 6.92 Å². The fourth-order valence-corrected chi connectivity index (χ4v) is 0. The first-order valence-electron chi connectivity index (χ1n) is 0.928. The number of aliphatic carboxylic acids is 1. The number of hydrogen-bond acceptors (Lipinski definition) is 1. The summed E-state index contributed by atoms with van der Waals surface area (Å²) in [5.74, 6) is -0.833. The molecule has 0 fully saturated rings. The molecule has 0 atom stereocenters. The van der Waals surface area contributed by atoms with Gasteiger partial charge in [-0.25, -0.2) is 0 Å². The van der Waals surface area contributed by atoms with Crippen molar-refractivity contribution in [3.63, 3.8) is 0 Å². The van der Waals surface area contributed by atoms with Gasteiger partial charge in [-0.1, -0.05) is 0 Å². The molecule has 0 aromatic heterocycles. The summed E-state index contributed by atoms with van der Waals surface area (Å²) < 4.78 is 0. The summed E-state index contributed by atoms with van der Waals surface area (Å²) in [6.07, 6.45) is 0. The summed E-state index contributed by atoms with van der Waals surface area (Å²) in [6, 6.07) is 0. The van der Waals surface area contributed by atoms with Crippen molar-refractivity contribution in [3.8, 4) is 0 Å². The van der Waals surface area contributed by atoms with Gasteiger partial charge >= 0.3 is 26.2 Å². The summed E-state index contributed by atoms with van der Waals surface area (Å²) in [5, 5.41) is 7.42. The van der Waals surface area contributed by atoms with Crippen LogP contribution in [0.25, 0.3) is 0 Å². The molecule has 0 aliphatic rings. The van der Waals surface area contributed by atoms with Crippen molar-refractivity contribution < 1.29 is 9.90 Å². The van der Waals surface area contributed by atoms with Gasteiger partial charge in [-0.05, 0) is 0 Å². The molecular formula is C2H7BiO2. The van der Waals surface area contributed by atoms with Crippen LogP contribution in [-0.2, 0) is 4.79 Å². The van der Waals surface area contributed by atoms with E-state index in [0.29, 0.717) is 0 Å². The van der Waals surface area contributed by atoms with E-state index in [9.17, 15) is 0 Å². The maximum absolute atomic E-state index is 9.00. The SMILES string of the molecule is CC(=O)O.[BiH3]. The minimum atomic E-state index is -0.833. The van der Waals surface area contributed by atoms with Gasteiger partial charge in [-0.3, -0.25) is 4.79 Å². The third-order valence-electron chi connectivity index (χ3n) is 0. The van der Waals surface area contributed by atoms with Gasteiger partial charge < -0.3 is 5.11 Å². The molecule has 0 saturated heterocycles. The van der Waals surface area contributed by atoms with Gasteiger partial charge in [0, 0.05) is 6.92 Å². The van der Waals surface area contributed by atoms with E-state index >= 15 is 0 Å². The van der Waals surface area contributed by atoms with Crippen LogP contribution >= 0.6 is 0 Å². The summed E-state index contributed by atoms with van der Waals surface area (Å²) >= 11 is 0. The first kappa shape index (κ1) is 9.02. The molecule has 0 heterocycles. The van der Waals surface area contributed by atoms with E-state index < -0.39 is 5.97 Å². The van der Waals surface area contributed by atoms with Crippen molar-refractivity contribution in [1.29, 1.82) is 0 Å². The second-order valence-corrected chi connectivity index (χ2v) is 0.519. The van der Waals surface area contributed by atoms with E-state index in [2.05, 4.69) is 0 Å². The Morgan fingerprint density at radius 2 is 1.80 bits per heavy atom. The Labute approximate surface area is 49.3 Å². The molecule has 0 spiro atoms. The van der Waals surface area contributed by atoms with Gasteiger partial charge in [0.2, 0.25) is 0 Å². The average molecular weight is 272 g/mol. The molecule has 0 radical (unpaired) electrons. The summed E-state index contributed by atoms with van der Waals surface area (Å²) in [6.45, 7) is 1.08. The first-order chi connectivity index (χ1) is 1.73. The molecule has 0 aromatic carbocycles. The summed E-state index contributed by atoms with van der Waals surface area (Å²) in [4.78, 5) is 9.00. The van der Waals surface area contributed by atoms with Crippen molar-refractivity contribution >= 4 is 32.2 Å². The molecule has 32 valence electrons. The Morgan fingerprint density at radius 1 is 1.80 bits per heavy atom. The van der Waals surface area contributed by atoms with Gasteiger partial charge in [0.25, 0.3) is 5.97 Å². The zero-order valence-corrected chi connectivity index (χ0v) is 8.56. The number of rotatable bonds is 0. The van der Waals surface area contributed by atoms with Gasteiger partial charge in [0.15, 0.2) is 0 Å². The molecule has 0 saturated carbocycles. The number of carboxylic acid groups (broad SMARTS) is 1. The average Bonchev–Trinajstić information content (AvgIpc) is 0.811. The summed E-state index contributed by atoms with van der Waals surface area (Å²) in [7, 11) is 0. The van der Waals surface area contributed by atoms with Crippen molar-refractivity contribution in [3.05, 3.63) is 0 Å². The molecule has 0 aromatic rings. The molecule has 0 aliphatic carbocycles. The van der Waals surface area contributed by atoms with Crippen LogP contribution in [0.5, 0.6) is 0 Å². The van der Waals surface area contributed by atoms with E-state index in [4.69, 9.17) is 9.90 Å². The Kier molecular flexibility index (Phi) is 7.85. The Balaban J connectivity index is 0. The zero-order valence-electron chi connectivity index (χ0n) is 3.06. The second-order valence-electron chi connectivity index (χ2n) is 0.519. The minimum absolute atomic E-state index is 0. The van der Waals surface area contributed by atoms with Crippen LogP contribution in [-0.4, -0.2) is 37.3 Å². The van der Waals surface area contributed by atoms with Crippen LogP contribution in [0.4, 0.5) is 0 Å². The third kappa shape index (κ3) is 193. The van der Waals surface area contributed by atoms with Gasteiger partial charge in [-0.2, -0.15) is 0 Å². The van der Waals surface area contributed by atoms with Crippen molar-refractivity contribution in [2.75, 3.05) is 0 Å². The predicted octanol–water partition coefficient (Wildman–Crippen LogP) is -1.09. The second kappa shape index (κ2) is 4.35. The van der Waals surface area contributed by atoms with Gasteiger partial charge in [-0.15, -0.1) is 0 Å². The fraction of sp³-hybridized carbons (Fsp3) is 0.500. The molecule has 1 N–H and O–H groups in total. The molecule has 0 bridgehead atoms. The van der Waals surface area contributed by atoms with Crippen LogP contribution in [0, 0.1) is 0 Å². The van der Waals surface area contributed by atoms with E-state index in [1.165, 1.54) is 0 Å². The van der Waals surface area contributed by atoms with E-state index in [0.717, 1.165) is 6.92 Å². The van der Waals surface area contributed by atoms with Gasteiger partial charge in [0.05, 0.1) is 0 Å². The molecule has 0 unspecified atom stereocenters. The van der Waals surface area contributed by atoms with E-state index in [-0.39, 0.29) is 26.2 Å². The third-order valence-corrected chi connectivity index (χ3v) is 0. The van der Waals surface area contributed by atoms with Crippen LogP contribution in [0.1, 0.15) is 6.92 Å². The Hall–Kier alpha value is 0.353. The van der Waals surface area contributed by atoms with Crippen LogP contribution in [0.3, 0.4) is 0 Å². The molecular weight excluding hydrogens is 265 g/mol. The molecule has 0 aliphatic heterocycles. The normalized spacial score (nSPS) is 5.00. The molecule has 0 rings (SSSR count). The number of carboxylic acids is 1. The van der Waals surface area contributed by atoms with Crippen molar-refractivity contribution in [1.82, 2.24) is 0 Å².